The summed E-state index contributed by atoms with van der Waals surface area (Å²) in [5.41, 5.74) is -1.40. The molecule has 1 aromatic rings. The Balaban J connectivity index is 2.99. The fourth-order valence-corrected chi connectivity index (χ4v) is 1.45. The largest absolute Gasteiger partial charge is 0.419 e. The zero-order chi connectivity index (χ0) is 13.1. The van der Waals surface area contributed by atoms with Crippen molar-refractivity contribution in [3.05, 3.63) is 23.9 Å². The molecule has 1 heterocycles. The molecule has 0 spiro atoms. The summed E-state index contributed by atoms with van der Waals surface area (Å²) in [5.74, 6) is -0.179. The fraction of sp³-hybridized carbons (Fsp3) is 0.545. The second-order valence-corrected chi connectivity index (χ2v) is 4.34. The van der Waals surface area contributed by atoms with Crippen LogP contribution in [-0.4, -0.2) is 24.2 Å². The van der Waals surface area contributed by atoms with Gasteiger partial charge in [0.1, 0.15) is 5.82 Å². The van der Waals surface area contributed by atoms with Gasteiger partial charge in [-0.1, -0.05) is 0 Å². The van der Waals surface area contributed by atoms with Gasteiger partial charge in [0.2, 0.25) is 0 Å². The van der Waals surface area contributed by atoms with Crippen molar-refractivity contribution < 1.29 is 17.9 Å². The van der Waals surface area contributed by atoms with E-state index in [0.717, 1.165) is 6.07 Å². The number of ether oxygens (including phenoxy) is 1. The van der Waals surface area contributed by atoms with Gasteiger partial charge in [0.25, 0.3) is 0 Å². The predicted molar refractivity (Wildman–Crippen MR) is 58.8 cm³/mol. The predicted octanol–water partition coefficient (Wildman–Crippen LogP) is 2.94. The molecule has 0 unspecified atom stereocenters. The number of halogens is 3. The average Bonchev–Trinajstić information content (AvgIpc) is 2.15. The van der Waals surface area contributed by atoms with E-state index in [1.807, 2.05) is 0 Å². The molecule has 0 saturated carbocycles. The molecular formula is C11H15F3N2O. The molecule has 1 rings (SSSR count). The lowest BCUT2D eigenvalue weighted by Crippen LogP contribution is -2.37. The molecule has 0 aliphatic rings. The average molecular weight is 248 g/mol. The van der Waals surface area contributed by atoms with E-state index in [0.29, 0.717) is 0 Å². The van der Waals surface area contributed by atoms with Crippen LogP contribution >= 0.6 is 0 Å². The number of alkyl halides is 3. The second-order valence-electron chi connectivity index (χ2n) is 4.34. The van der Waals surface area contributed by atoms with Gasteiger partial charge < -0.3 is 10.1 Å². The Kier molecular flexibility index (Phi) is 3.98. The van der Waals surface area contributed by atoms with Crippen LogP contribution in [0.4, 0.5) is 19.0 Å². The van der Waals surface area contributed by atoms with Crippen LogP contribution in [0.2, 0.25) is 0 Å². The molecule has 0 saturated heterocycles. The number of rotatable bonds is 4. The van der Waals surface area contributed by atoms with Crippen LogP contribution in [0.15, 0.2) is 18.3 Å². The first-order valence-corrected chi connectivity index (χ1v) is 5.05. The zero-order valence-corrected chi connectivity index (χ0v) is 9.93. The third-order valence-electron chi connectivity index (χ3n) is 2.08. The number of anilines is 1. The Bertz CT molecular complexity index is 377. The van der Waals surface area contributed by atoms with E-state index >= 15 is 0 Å². The number of methoxy groups -OCH3 is 1. The molecule has 3 nitrogen and oxygen atoms in total. The molecule has 0 amide bonds. The summed E-state index contributed by atoms with van der Waals surface area (Å²) in [6.07, 6.45) is -3.10. The summed E-state index contributed by atoms with van der Waals surface area (Å²) >= 11 is 0. The van der Waals surface area contributed by atoms with Crippen molar-refractivity contribution in [2.75, 3.05) is 19.0 Å². The van der Waals surface area contributed by atoms with Gasteiger partial charge in [0, 0.05) is 13.3 Å². The second kappa shape index (κ2) is 4.91. The van der Waals surface area contributed by atoms with E-state index in [1.165, 1.54) is 19.4 Å². The summed E-state index contributed by atoms with van der Waals surface area (Å²) in [4.78, 5) is 3.73. The third kappa shape index (κ3) is 3.89. The Morgan fingerprint density at radius 1 is 1.35 bits per heavy atom. The van der Waals surface area contributed by atoms with Crippen molar-refractivity contribution >= 4 is 5.82 Å². The van der Waals surface area contributed by atoms with Crippen molar-refractivity contribution in [2.24, 2.45) is 0 Å². The van der Waals surface area contributed by atoms with Gasteiger partial charge >= 0.3 is 6.18 Å². The van der Waals surface area contributed by atoms with E-state index in [-0.39, 0.29) is 12.4 Å². The third-order valence-corrected chi connectivity index (χ3v) is 2.08. The summed E-state index contributed by atoms with van der Waals surface area (Å²) in [5, 5.41) is 2.74. The molecule has 6 heteroatoms. The number of hydrogen-bond donors (Lipinski definition) is 1. The molecule has 0 aromatic carbocycles. The number of nitrogens with zero attached hydrogens (tertiary/aromatic N) is 1. The SMILES string of the molecule is COCC(C)(C)Nc1ncccc1C(F)(F)F. The van der Waals surface area contributed by atoms with Gasteiger partial charge in [-0.05, 0) is 26.0 Å². The highest BCUT2D eigenvalue weighted by Crippen LogP contribution is 2.34. The number of aromatic nitrogens is 1. The van der Waals surface area contributed by atoms with Gasteiger partial charge in [0.05, 0.1) is 17.7 Å². The number of hydrogen-bond acceptors (Lipinski definition) is 3. The highest BCUT2D eigenvalue weighted by molar-refractivity contribution is 5.47. The minimum atomic E-state index is -4.42. The van der Waals surface area contributed by atoms with Crippen LogP contribution in [0.3, 0.4) is 0 Å². The Labute approximate surface area is 98.0 Å². The minimum absolute atomic E-state index is 0.179. The molecule has 0 aliphatic carbocycles. The molecule has 0 atom stereocenters. The Morgan fingerprint density at radius 2 is 2.00 bits per heavy atom. The monoisotopic (exact) mass is 248 g/mol. The molecule has 1 N–H and O–H groups in total. The van der Waals surface area contributed by atoms with E-state index < -0.39 is 17.3 Å². The Hall–Kier alpha value is -1.30. The van der Waals surface area contributed by atoms with Crippen molar-refractivity contribution in [1.29, 1.82) is 0 Å². The van der Waals surface area contributed by atoms with Crippen LogP contribution in [0.1, 0.15) is 19.4 Å². The maximum Gasteiger partial charge on any atom is 0.419 e. The highest BCUT2D eigenvalue weighted by Gasteiger charge is 2.35. The van der Waals surface area contributed by atoms with Crippen molar-refractivity contribution in [3.8, 4) is 0 Å². The lowest BCUT2D eigenvalue weighted by molar-refractivity contribution is -0.137. The Morgan fingerprint density at radius 3 is 2.53 bits per heavy atom. The first-order chi connectivity index (χ1) is 7.76. The molecule has 0 fully saturated rings. The van der Waals surface area contributed by atoms with E-state index in [1.54, 1.807) is 13.8 Å². The molecule has 0 aliphatic heterocycles. The van der Waals surface area contributed by atoms with Crippen LogP contribution in [-0.2, 0) is 10.9 Å². The standard InChI is InChI=1S/C11H15F3N2O/c1-10(2,7-17-3)16-9-8(11(12,13)14)5-4-6-15-9/h4-6H,7H2,1-3H3,(H,15,16). The lowest BCUT2D eigenvalue weighted by atomic mass is 10.1. The van der Waals surface area contributed by atoms with Gasteiger partial charge in [-0.2, -0.15) is 13.2 Å². The first-order valence-electron chi connectivity index (χ1n) is 5.05. The molecule has 1 aromatic heterocycles. The zero-order valence-electron chi connectivity index (χ0n) is 9.93. The normalized spacial score (nSPS) is 12.6. The molecule has 0 radical (unpaired) electrons. The summed E-state index contributed by atoms with van der Waals surface area (Å²) < 4.78 is 43.0. The first kappa shape index (κ1) is 13.8. The highest BCUT2D eigenvalue weighted by atomic mass is 19.4. The molecular weight excluding hydrogens is 233 g/mol. The van der Waals surface area contributed by atoms with Crippen molar-refractivity contribution in [2.45, 2.75) is 25.6 Å². The van der Waals surface area contributed by atoms with E-state index in [2.05, 4.69) is 10.3 Å². The van der Waals surface area contributed by atoms with Crippen molar-refractivity contribution in [3.63, 3.8) is 0 Å². The van der Waals surface area contributed by atoms with Crippen LogP contribution in [0.5, 0.6) is 0 Å². The number of nitrogens with one attached hydrogen (secondary N) is 1. The maximum atomic E-state index is 12.7. The van der Waals surface area contributed by atoms with Crippen LogP contribution in [0, 0.1) is 0 Å². The van der Waals surface area contributed by atoms with Crippen LogP contribution < -0.4 is 5.32 Å². The minimum Gasteiger partial charge on any atom is -0.382 e. The topological polar surface area (TPSA) is 34.1 Å². The lowest BCUT2D eigenvalue weighted by Gasteiger charge is -2.27. The summed E-state index contributed by atoms with van der Waals surface area (Å²) in [6, 6.07) is 2.26. The molecule has 17 heavy (non-hydrogen) atoms. The maximum absolute atomic E-state index is 12.7. The van der Waals surface area contributed by atoms with Gasteiger partial charge in [0.15, 0.2) is 0 Å². The summed E-state index contributed by atoms with van der Waals surface area (Å²) in [6.45, 7) is 3.76. The smallest absolute Gasteiger partial charge is 0.382 e. The molecule has 96 valence electrons. The van der Waals surface area contributed by atoms with Crippen molar-refractivity contribution in [1.82, 2.24) is 4.98 Å². The fourth-order valence-electron chi connectivity index (χ4n) is 1.45. The number of pyridine rings is 1. The van der Waals surface area contributed by atoms with E-state index in [4.69, 9.17) is 4.74 Å². The van der Waals surface area contributed by atoms with E-state index in [9.17, 15) is 13.2 Å². The van der Waals surface area contributed by atoms with Crippen LogP contribution in [0.25, 0.3) is 0 Å². The quantitative estimate of drug-likeness (QED) is 0.889. The summed E-state index contributed by atoms with van der Waals surface area (Å²) in [7, 11) is 1.49. The van der Waals surface area contributed by atoms with Gasteiger partial charge in [-0.3, -0.25) is 0 Å². The van der Waals surface area contributed by atoms with Gasteiger partial charge in [-0.25, -0.2) is 4.98 Å². The molecule has 0 bridgehead atoms. The van der Waals surface area contributed by atoms with Gasteiger partial charge in [-0.15, -0.1) is 0 Å².